The Morgan fingerprint density at radius 1 is 1.33 bits per heavy atom. The van der Waals surface area contributed by atoms with E-state index in [0.29, 0.717) is 12.5 Å². The number of carbonyl (C=O) groups excluding carboxylic acids is 1. The van der Waals surface area contributed by atoms with Gasteiger partial charge >= 0.3 is 0 Å². The smallest absolute Gasteiger partial charge is 0.221 e. The minimum Gasteiger partial charge on any atom is -0.382 e. The molecule has 3 nitrogen and oxygen atoms in total. The molecule has 18 heavy (non-hydrogen) atoms. The van der Waals surface area contributed by atoms with Crippen molar-refractivity contribution in [3.8, 4) is 0 Å². The molecule has 0 fully saturated rings. The van der Waals surface area contributed by atoms with Crippen LogP contribution in [0.25, 0.3) is 0 Å². The topological polar surface area (TPSA) is 55.1 Å². The molecule has 0 aliphatic rings. The van der Waals surface area contributed by atoms with Gasteiger partial charge in [0.1, 0.15) is 0 Å². The largest absolute Gasteiger partial charge is 0.382 e. The maximum absolute atomic E-state index is 11.0. The third kappa shape index (κ3) is 4.78. The first-order chi connectivity index (χ1) is 8.67. The predicted octanol–water partition coefficient (Wildman–Crippen LogP) is 3.10. The first-order valence-electron chi connectivity index (χ1n) is 6.80. The molecule has 1 aromatic rings. The highest BCUT2D eigenvalue weighted by molar-refractivity contribution is 5.78. The van der Waals surface area contributed by atoms with Gasteiger partial charge in [-0.15, -0.1) is 0 Å². The molecule has 3 heteroatoms. The number of primary amides is 1. The first kappa shape index (κ1) is 14.6. The number of anilines is 1. The fourth-order valence-electron chi connectivity index (χ4n) is 2.05. The van der Waals surface area contributed by atoms with E-state index < -0.39 is 0 Å². The Morgan fingerprint density at radius 2 is 2.06 bits per heavy atom. The Labute approximate surface area is 110 Å². The second kappa shape index (κ2) is 7.75. The third-order valence-corrected chi connectivity index (χ3v) is 3.14. The van der Waals surface area contributed by atoms with Crippen LogP contribution in [0.4, 0.5) is 5.69 Å². The summed E-state index contributed by atoms with van der Waals surface area (Å²) in [4.78, 5) is 11.0. The standard InChI is InChI=1S/C15H24N2O/c1-3-5-9-13(4-2)17-14-10-7-6-8-12(14)11-15(16)18/h6-8,10,13,17H,3-5,9,11H2,1-2H3,(H2,16,18). The molecule has 0 radical (unpaired) electrons. The van der Waals surface area contributed by atoms with E-state index in [1.54, 1.807) is 0 Å². The summed E-state index contributed by atoms with van der Waals surface area (Å²) in [6.45, 7) is 4.39. The van der Waals surface area contributed by atoms with Crippen LogP contribution < -0.4 is 11.1 Å². The SMILES string of the molecule is CCCCC(CC)Nc1ccccc1CC(N)=O. The number of benzene rings is 1. The van der Waals surface area contributed by atoms with E-state index in [1.807, 2.05) is 24.3 Å². The number of amides is 1. The van der Waals surface area contributed by atoms with Crippen LogP contribution in [0.3, 0.4) is 0 Å². The molecule has 0 saturated carbocycles. The van der Waals surface area contributed by atoms with Crippen molar-refractivity contribution < 1.29 is 4.79 Å². The molecule has 0 aromatic heterocycles. The lowest BCUT2D eigenvalue weighted by atomic mass is 10.0. The van der Waals surface area contributed by atoms with Gasteiger partial charge in [-0.3, -0.25) is 4.79 Å². The molecule has 1 atom stereocenters. The average molecular weight is 248 g/mol. The lowest BCUT2D eigenvalue weighted by Gasteiger charge is -2.20. The fourth-order valence-corrected chi connectivity index (χ4v) is 2.05. The summed E-state index contributed by atoms with van der Waals surface area (Å²) in [5.41, 5.74) is 7.30. The molecule has 0 aliphatic heterocycles. The highest BCUT2D eigenvalue weighted by Gasteiger charge is 2.09. The van der Waals surface area contributed by atoms with Gasteiger partial charge in [-0.1, -0.05) is 44.9 Å². The second-order valence-electron chi connectivity index (χ2n) is 4.69. The molecule has 0 aliphatic carbocycles. The van der Waals surface area contributed by atoms with Crippen molar-refractivity contribution in [1.29, 1.82) is 0 Å². The van der Waals surface area contributed by atoms with Crippen LogP contribution in [-0.2, 0) is 11.2 Å². The van der Waals surface area contributed by atoms with Crippen molar-refractivity contribution in [2.75, 3.05) is 5.32 Å². The average Bonchev–Trinajstić information content (AvgIpc) is 2.35. The minimum absolute atomic E-state index is 0.286. The van der Waals surface area contributed by atoms with Gasteiger partial charge in [0.05, 0.1) is 6.42 Å². The van der Waals surface area contributed by atoms with Gasteiger partial charge in [0, 0.05) is 11.7 Å². The van der Waals surface area contributed by atoms with Crippen LogP contribution in [-0.4, -0.2) is 11.9 Å². The molecule has 1 amide bonds. The number of nitrogens with two attached hydrogens (primary N) is 1. The zero-order valence-electron chi connectivity index (χ0n) is 11.4. The summed E-state index contributed by atoms with van der Waals surface area (Å²) in [5.74, 6) is -0.286. The lowest BCUT2D eigenvalue weighted by Crippen LogP contribution is -2.21. The van der Waals surface area contributed by atoms with Gasteiger partial charge < -0.3 is 11.1 Å². The predicted molar refractivity (Wildman–Crippen MR) is 76.6 cm³/mol. The maximum Gasteiger partial charge on any atom is 0.221 e. The summed E-state index contributed by atoms with van der Waals surface area (Å²) in [6.07, 6.45) is 4.99. The molecule has 1 aromatic carbocycles. The molecule has 0 heterocycles. The maximum atomic E-state index is 11.0. The van der Waals surface area contributed by atoms with Crippen molar-refractivity contribution in [3.05, 3.63) is 29.8 Å². The van der Waals surface area contributed by atoms with Crippen molar-refractivity contribution >= 4 is 11.6 Å². The Hall–Kier alpha value is -1.51. The van der Waals surface area contributed by atoms with E-state index in [4.69, 9.17) is 5.73 Å². The molecule has 1 rings (SSSR count). The van der Waals surface area contributed by atoms with Crippen LogP contribution in [0.2, 0.25) is 0 Å². The number of hydrogen-bond donors (Lipinski definition) is 2. The molecule has 0 spiro atoms. The van der Waals surface area contributed by atoms with E-state index in [-0.39, 0.29) is 5.91 Å². The van der Waals surface area contributed by atoms with Gasteiger partial charge in [-0.2, -0.15) is 0 Å². The number of carbonyl (C=O) groups is 1. The van der Waals surface area contributed by atoms with Crippen LogP contribution in [0.1, 0.15) is 45.1 Å². The van der Waals surface area contributed by atoms with E-state index >= 15 is 0 Å². The monoisotopic (exact) mass is 248 g/mol. The van der Waals surface area contributed by atoms with E-state index in [9.17, 15) is 4.79 Å². The Kier molecular flexibility index (Phi) is 6.26. The van der Waals surface area contributed by atoms with Crippen LogP contribution in [0, 0.1) is 0 Å². The second-order valence-corrected chi connectivity index (χ2v) is 4.69. The Bertz CT molecular complexity index is 377. The summed E-state index contributed by atoms with van der Waals surface area (Å²) in [5, 5.41) is 3.53. The van der Waals surface area contributed by atoms with Crippen molar-refractivity contribution in [1.82, 2.24) is 0 Å². The van der Waals surface area contributed by atoms with Gasteiger partial charge in [0.2, 0.25) is 5.91 Å². The van der Waals surface area contributed by atoms with Gasteiger partial charge in [-0.25, -0.2) is 0 Å². The quantitative estimate of drug-likeness (QED) is 0.742. The third-order valence-electron chi connectivity index (χ3n) is 3.14. The number of para-hydroxylation sites is 1. The van der Waals surface area contributed by atoms with E-state index in [2.05, 4.69) is 19.2 Å². The zero-order chi connectivity index (χ0) is 13.4. The number of unbranched alkanes of at least 4 members (excludes halogenated alkanes) is 1. The van der Waals surface area contributed by atoms with Crippen molar-refractivity contribution in [2.24, 2.45) is 5.73 Å². The van der Waals surface area contributed by atoms with Crippen LogP contribution in [0.15, 0.2) is 24.3 Å². The molecule has 3 N–H and O–H groups in total. The number of hydrogen-bond acceptors (Lipinski definition) is 2. The highest BCUT2D eigenvalue weighted by atomic mass is 16.1. The van der Waals surface area contributed by atoms with Gasteiger partial charge in [-0.05, 0) is 24.5 Å². The zero-order valence-corrected chi connectivity index (χ0v) is 11.4. The van der Waals surface area contributed by atoms with Gasteiger partial charge in [0.15, 0.2) is 0 Å². The van der Waals surface area contributed by atoms with Crippen molar-refractivity contribution in [2.45, 2.75) is 52.0 Å². The Balaban J connectivity index is 2.72. The van der Waals surface area contributed by atoms with E-state index in [0.717, 1.165) is 24.1 Å². The molecular formula is C15H24N2O. The molecule has 100 valence electrons. The highest BCUT2D eigenvalue weighted by Crippen LogP contribution is 2.19. The molecule has 0 saturated heterocycles. The van der Waals surface area contributed by atoms with E-state index in [1.165, 1.54) is 12.8 Å². The number of rotatable bonds is 8. The molecule has 0 bridgehead atoms. The summed E-state index contributed by atoms with van der Waals surface area (Å²) < 4.78 is 0. The summed E-state index contributed by atoms with van der Waals surface area (Å²) in [7, 11) is 0. The minimum atomic E-state index is -0.286. The van der Waals surface area contributed by atoms with Crippen molar-refractivity contribution in [3.63, 3.8) is 0 Å². The van der Waals surface area contributed by atoms with Crippen LogP contribution in [0.5, 0.6) is 0 Å². The normalized spacial score (nSPS) is 12.1. The lowest BCUT2D eigenvalue weighted by molar-refractivity contribution is -0.117. The summed E-state index contributed by atoms with van der Waals surface area (Å²) in [6, 6.07) is 8.38. The fraction of sp³-hybridized carbons (Fsp3) is 0.533. The van der Waals surface area contributed by atoms with Crippen LogP contribution >= 0.6 is 0 Å². The Morgan fingerprint density at radius 3 is 2.67 bits per heavy atom. The molecule has 1 unspecified atom stereocenters. The number of nitrogens with one attached hydrogen (secondary N) is 1. The molecular weight excluding hydrogens is 224 g/mol. The first-order valence-corrected chi connectivity index (χ1v) is 6.80. The van der Waals surface area contributed by atoms with Gasteiger partial charge in [0.25, 0.3) is 0 Å². The summed E-state index contributed by atoms with van der Waals surface area (Å²) >= 11 is 0.